The molecule has 2 saturated heterocycles. The smallest absolute Gasteiger partial charge is 0.262 e. The molecule has 2 aliphatic heterocycles. The normalized spacial score (nSPS) is 24.8. The summed E-state index contributed by atoms with van der Waals surface area (Å²) >= 11 is 0. The molecule has 0 N–H and O–H groups in total. The minimum atomic E-state index is -3.24. The van der Waals surface area contributed by atoms with E-state index in [4.69, 9.17) is 0 Å². The maximum atomic E-state index is 14.3. The number of benzene rings is 1. The lowest BCUT2D eigenvalue weighted by Crippen LogP contribution is -2.62. The van der Waals surface area contributed by atoms with Gasteiger partial charge in [-0.3, -0.25) is 9.69 Å². The van der Waals surface area contributed by atoms with Crippen molar-refractivity contribution in [3.05, 3.63) is 35.9 Å². The van der Waals surface area contributed by atoms with Crippen LogP contribution in [0.25, 0.3) is 0 Å². The Labute approximate surface area is 146 Å². The molecule has 8 heteroatoms. The lowest BCUT2D eigenvalue weighted by molar-refractivity contribution is -0.163. The van der Waals surface area contributed by atoms with Crippen LogP contribution in [0.2, 0.25) is 0 Å². The molecular weight excluding hydrogens is 350 g/mol. The summed E-state index contributed by atoms with van der Waals surface area (Å²) in [5.41, 5.74) is 1.01. The Bertz CT molecular complexity index is 734. The monoisotopic (exact) mass is 372 g/mol. The Morgan fingerprint density at radius 3 is 2.44 bits per heavy atom. The lowest BCUT2D eigenvalue weighted by Gasteiger charge is -2.44. The zero-order chi connectivity index (χ0) is 18.2. The van der Waals surface area contributed by atoms with Crippen molar-refractivity contribution in [2.45, 2.75) is 24.1 Å². The van der Waals surface area contributed by atoms with Crippen molar-refractivity contribution in [1.82, 2.24) is 9.80 Å². The molecule has 0 unspecified atom stereocenters. The van der Waals surface area contributed by atoms with E-state index in [-0.39, 0.29) is 32.6 Å². The van der Waals surface area contributed by atoms with Crippen LogP contribution < -0.4 is 0 Å². The van der Waals surface area contributed by atoms with Gasteiger partial charge in [0.05, 0.1) is 5.25 Å². The summed E-state index contributed by atoms with van der Waals surface area (Å²) in [7, 11) is -3.24. The summed E-state index contributed by atoms with van der Waals surface area (Å²) in [6.07, 6.45) is 0.746. The van der Waals surface area contributed by atoms with Gasteiger partial charge in [0.1, 0.15) is 5.92 Å². The first-order valence-corrected chi connectivity index (χ1v) is 10.2. The summed E-state index contributed by atoms with van der Waals surface area (Å²) in [5, 5.41) is -0.630. The van der Waals surface area contributed by atoms with E-state index in [1.54, 1.807) is 0 Å². The van der Waals surface area contributed by atoms with Gasteiger partial charge >= 0.3 is 0 Å². The number of hydrogen-bond donors (Lipinski definition) is 0. The third-order valence-corrected chi connectivity index (χ3v) is 6.53. The second-order valence-electron chi connectivity index (χ2n) is 6.98. The average molecular weight is 372 g/mol. The molecule has 0 aromatic heterocycles. The summed E-state index contributed by atoms with van der Waals surface area (Å²) in [4.78, 5) is 15.6. The van der Waals surface area contributed by atoms with Gasteiger partial charge in [-0.05, 0) is 5.56 Å². The Morgan fingerprint density at radius 1 is 1.20 bits per heavy atom. The SMILES string of the molecule is CS(=O)(=O)C1CN(C(=O)[C@H]2CN(Cc3ccccc3)CCC2(F)F)C1. The first-order valence-electron chi connectivity index (χ1n) is 8.28. The fraction of sp³-hybridized carbons (Fsp3) is 0.588. The first kappa shape index (κ1) is 18.3. The summed E-state index contributed by atoms with van der Waals surface area (Å²) in [5.74, 6) is -5.10. The zero-order valence-corrected chi connectivity index (χ0v) is 14.9. The van der Waals surface area contributed by atoms with Gasteiger partial charge < -0.3 is 4.90 Å². The van der Waals surface area contributed by atoms with Gasteiger partial charge in [-0.15, -0.1) is 0 Å². The number of carbonyl (C=O) groups excluding carboxylic acids is 1. The number of rotatable bonds is 4. The van der Waals surface area contributed by atoms with Gasteiger partial charge in [-0.25, -0.2) is 17.2 Å². The Hall–Kier alpha value is -1.54. The minimum absolute atomic E-state index is 0.0131. The van der Waals surface area contributed by atoms with Crippen LogP contribution in [0.4, 0.5) is 8.78 Å². The number of amides is 1. The number of sulfone groups is 1. The molecule has 2 fully saturated rings. The second-order valence-corrected chi connectivity index (χ2v) is 9.30. The van der Waals surface area contributed by atoms with Crippen LogP contribution in [-0.4, -0.2) is 67.7 Å². The molecule has 1 amide bonds. The predicted octanol–water partition coefficient (Wildman–Crippen LogP) is 1.40. The highest BCUT2D eigenvalue weighted by molar-refractivity contribution is 7.91. The van der Waals surface area contributed by atoms with Crippen LogP contribution >= 0.6 is 0 Å². The quantitative estimate of drug-likeness (QED) is 0.802. The highest BCUT2D eigenvalue weighted by Crippen LogP contribution is 2.36. The molecular formula is C17H22F2N2O3S. The maximum absolute atomic E-state index is 14.3. The maximum Gasteiger partial charge on any atom is 0.262 e. The van der Waals surface area contributed by atoms with Crippen molar-refractivity contribution in [2.75, 3.05) is 32.4 Å². The number of hydrogen-bond acceptors (Lipinski definition) is 4. The van der Waals surface area contributed by atoms with E-state index in [9.17, 15) is 22.0 Å². The topological polar surface area (TPSA) is 57.7 Å². The van der Waals surface area contributed by atoms with Gasteiger partial charge in [0, 0.05) is 45.4 Å². The largest absolute Gasteiger partial charge is 0.339 e. The summed E-state index contributed by atoms with van der Waals surface area (Å²) in [6.45, 7) is 0.775. The molecule has 0 bridgehead atoms. The van der Waals surface area contributed by atoms with E-state index in [1.165, 1.54) is 4.90 Å². The van der Waals surface area contributed by atoms with E-state index in [1.807, 2.05) is 35.2 Å². The molecule has 0 radical (unpaired) electrons. The first-order chi connectivity index (χ1) is 11.7. The van der Waals surface area contributed by atoms with Gasteiger partial charge in [0.2, 0.25) is 5.91 Å². The molecule has 2 heterocycles. The highest BCUT2D eigenvalue weighted by Gasteiger charge is 2.51. The zero-order valence-electron chi connectivity index (χ0n) is 14.1. The number of carbonyl (C=O) groups is 1. The molecule has 3 rings (SSSR count). The third kappa shape index (κ3) is 4.00. The minimum Gasteiger partial charge on any atom is -0.339 e. The van der Waals surface area contributed by atoms with Crippen molar-refractivity contribution < 1.29 is 22.0 Å². The predicted molar refractivity (Wildman–Crippen MR) is 90.0 cm³/mol. The standard InChI is InChI=1S/C17H22F2N2O3S/c1-25(23,24)14-10-21(11-14)16(22)15-12-20(8-7-17(15,18)19)9-13-5-3-2-4-6-13/h2-6,14-15H,7-12H2,1H3/t15-/m1/s1. The molecule has 0 aliphatic carbocycles. The molecule has 25 heavy (non-hydrogen) atoms. The molecule has 1 aromatic carbocycles. The fourth-order valence-electron chi connectivity index (χ4n) is 3.32. The third-order valence-electron chi connectivity index (χ3n) is 5.02. The average Bonchev–Trinajstić information content (AvgIpc) is 2.47. The molecule has 1 atom stereocenters. The van der Waals surface area contributed by atoms with Gasteiger partial charge in [-0.1, -0.05) is 30.3 Å². The number of nitrogens with zero attached hydrogens (tertiary/aromatic N) is 2. The van der Waals surface area contributed by atoms with Crippen LogP contribution in [0.3, 0.4) is 0 Å². The second kappa shape index (κ2) is 6.64. The van der Waals surface area contributed by atoms with E-state index in [2.05, 4.69) is 0 Å². The Morgan fingerprint density at radius 2 is 1.84 bits per heavy atom. The van der Waals surface area contributed by atoms with Crippen molar-refractivity contribution >= 4 is 15.7 Å². The highest BCUT2D eigenvalue weighted by atomic mass is 32.2. The van der Waals surface area contributed by atoms with Crippen molar-refractivity contribution in [1.29, 1.82) is 0 Å². The number of likely N-dealkylation sites (tertiary alicyclic amines) is 2. The van der Waals surface area contributed by atoms with Crippen molar-refractivity contribution in [3.8, 4) is 0 Å². The van der Waals surface area contributed by atoms with Crippen molar-refractivity contribution in [3.63, 3.8) is 0 Å². The van der Waals surface area contributed by atoms with Crippen molar-refractivity contribution in [2.24, 2.45) is 5.92 Å². The molecule has 0 saturated carbocycles. The van der Waals surface area contributed by atoms with Gasteiger partial charge in [0.15, 0.2) is 9.84 Å². The van der Waals surface area contributed by atoms with Crippen LogP contribution in [0.5, 0.6) is 0 Å². The van der Waals surface area contributed by atoms with Crippen LogP contribution in [0.15, 0.2) is 30.3 Å². The van der Waals surface area contributed by atoms with Crippen LogP contribution in [0, 0.1) is 5.92 Å². The molecule has 2 aliphatic rings. The molecule has 1 aromatic rings. The van der Waals surface area contributed by atoms with E-state index < -0.39 is 32.8 Å². The molecule has 138 valence electrons. The molecule has 0 spiro atoms. The number of piperidine rings is 1. The Kier molecular flexibility index (Phi) is 4.85. The summed E-state index contributed by atoms with van der Waals surface area (Å²) in [6, 6.07) is 9.53. The van der Waals surface area contributed by atoms with E-state index in [0.717, 1.165) is 11.8 Å². The van der Waals surface area contributed by atoms with E-state index in [0.29, 0.717) is 6.54 Å². The number of alkyl halides is 2. The lowest BCUT2D eigenvalue weighted by atomic mass is 9.90. The summed E-state index contributed by atoms with van der Waals surface area (Å²) < 4.78 is 51.5. The van der Waals surface area contributed by atoms with Crippen LogP contribution in [-0.2, 0) is 21.2 Å². The van der Waals surface area contributed by atoms with Gasteiger partial charge in [-0.2, -0.15) is 0 Å². The van der Waals surface area contributed by atoms with Crippen LogP contribution in [0.1, 0.15) is 12.0 Å². The van der Waals surface area contributed by atoms with E-state index >= 15 is 0 Å². The number of halogens is 2. The molecule has 5 nitrogen and oxygen atoms in total. The van der Waals surface area contributed by atoms with Gasteiger partial charge in [0.25, 0.3) is 5.92 Å². The Balaban J connectivity index is 1.65. The fourth-order valence-corrected chi connectivity index (χ4v) is 4.22.